The van der Waals surface area contributed by atoms with Crippen LogP contribution < -0.4 is 9.47 Å². The number of ether oxygens (including phenoxy) is 2. The summed E-state index contributed by atoms with van der Waals surface area (Å²) in [5, 5.41) is 0.314. The van der Waals surface area contributed by atoms with E-state index in [-0.39, 0.29) is 6.61 Å². The predicted octanol–water partition coefficient (Wildman–Crippen LogP) is 6.37. The average Bonchev–Trinajstić information content (AvgIpc) is 3.12. The van der Waals surface area contributed by atoms with Crippen molar-refractivity contribution in [2.24, 2.45) is 0 Å². The van der Waals surface area contributed by atoms with Gasteiger partial charge in [-0.15, -0.1) is 0 Å². The average molecular weight is 462 g/mol. The summed E-state index contributed by atoms with van der Waals surface area (Å²) in [6.45, 7) is -0.0234. The Balaban J connectivity index is 1.67. The molecule has 1 N–H and O–H groups in total. The van der Waals surface area contributed by atoms with Gasteiger partial charge in [-0.05, 0) is 52.3 Å². The van der Waals surface area contributed by atoms with E-state index in [9.17, 15) is 4.39 Å². The second-order valence-electron chi connectivity index (χ2n) is 6.08. The van der Waals surface area contributed by atoms with Crippen molar-refractivity contribution in [3.05, 3.63) is 75.5 Å². The number of nitrogens with zero attached hydrogens (tertiary/aromatic N) is 1. The lowest BCUT2D eigenvalue weighted by Crippen LogP contribution is -2.02. The molecule has 4 aromatic rings. The molecule has 0 aliphatic heterocycles. The minimum atomic E-state index is -0.415. The zero-order valence-corrected chi connectivity index (χ0v) is 17.1. The number of rotatable bonds is 5. The first kappa shape index (κ1) is 18.8. The molecule has 0 saturated carbocycles. The molecule has 0 bridgehead atoms. The summed E-state index contributed by atoms with van der Waals surface area (Å²) in [6.07, 6.45) is 0. The molecule has 0 radical (unpaired) electrons. The highest BCUT2D eigenvalue weighted by atomic mass is 79.9. The van der Waals surface area contributed by atoms with E-state index in [1.807, 2.05) is 36.4 Å². The van der Waals surface area contributed by atoms with Crippen molar-refractivity contribution in [1.29, 1.82) is 0 Å². The number of benzene rings is 3. The Morgan fingerprint density at radius 3 is 2.71 bits per heavy atom. The minimum Gasteiger partial charge on any atom is -0.493 e. The van der Waals surface area contributed by atoms with E-state index in [1.54, 1.807) is 19.2 Å². The number of halogens is 3. The first-order chi connectivity index (χ1) is 13.6. The van der Waals surface area contributed by atoms with Crippen LogP contribution in [0.15, 0.2) is 59.1 Å². The maximum atomic E-state index is 14.0. The van der Waals surface area contributed by atoms with Crippen molar-refractivity contribution < 1.29 is 13.9 Å². The van der Waals surface area contributed by atoms with Crippen LogP contribution in [0.1, 0.15) is 5.56 Å². The van der Waals surface area contributed by atoms with Crippen LogP contribution >= 0.6 is 27.5 Å². The van der Waals surface area contributed by atoms with Gasteiger partial charge in [0.05, 0.1) is 27.6 Å². The molecule has 3 aromatic carbocycles. The van der Waals surface area contributed by atoms with Gasteiger partial charge in [-0.25, -0.2) is 9.37 Å². The smallest absolute Gasteiger partial charge is 0.175 e. The lowest BCUT2D eigenvalue weighted by molar-refractivity contribution is 0.278. The largest absolute Gasteiger partial charge is 0.493 e. The Morgan fingerprint density at radius 2 is 1.96 bits per heavy atom. The standard InChI is InChI=1S/C21H15BrClFN2O2/c1-27-19-10-12(21-25-17-7-2-3-8-18(17)26-21)9-14(22)20(19)28-11-13-15(23)5-4-6-16(13)24/h2-10H,11H2,1H3,(H,25,26). The molecule has 142 valence electrons. The monoisotopic (exact) mass is 460 g/mol. The van der Waals surface area contributed by atoms with Crippen molar-refractivity contribution >= 4 is 38.6 Å². The van der Waals surface area contributed by atoms with E-state index in [0.29, 0.717) is 32.4 Å². The fraction of sp³-hybridized carbons (Fsp3) is 0.0952. The van der Waals surface area contributed by atoms with E-state index in [4.69, 9.17) is 21.1 Å². The number of aromatic amines is 1. The second kappa shape index (κ2) is 7.81. The molecule has 0 atom stereocenters. The third-order valence-corrected chi connectivity index (χ3v) is 5.26. The quantitative estimate of drug-likeness (QED) is 0.375. The highest BCUT2D eigenvalue weighted by molar-refractivity contribution is 9.10. The van der Waals surface area contributed by atoms with Crippen LogP contribution in [0.5, 0.6) is 11.5 Å². The van der Waals surface area contributed by atoms with Gasteiger partial charge >= 0.3 is 0 Å². The number of methoxy groups -OCH3 is 1. The molecular formula is C21H15BrClFN2O2. The molecule has 0 amide bonds. The number of imidazole rings is 1. The van der Waals surface area contributed by atoms with Gasteiger partial charge in [-0.2, -0.15) is 0 Å². The van der Waals surface area contributed by atoms with Crippen LogP contribution in [0.25, 0.3) is 22.4 Å². The lowest BCUT2D eigenvalue weighted by atomic mass is 10.2. The minimum absolute atomic E-state index is 0.0234. The number of fused-ring (bicyclic) bond motifs is 1. The maximum absolute atomic E-state index is 14.0. The van der Waals surface area contributed by atoms with Gasteiger partial charge in [0.15, 0.2) is 11.5 Å². The summed E-state index contributed by atoms with van der Waals surface area (Å²) >= 11 is 9.59. The first-order valence-electron chi connectivity index (χ1n) is 8.45. The highest BCUT2D eigenvalue weighted by Gasteiger charge is 2.16. The number of hydrogen-bond donors (Lipinski definition) is 1. The number of nitrogens with one attached hydrogen (secondary N) is 1. The molecule has 0 aliphatic rings. The van der Waals surface area contributed by atoms with Crippen molar-refractivity contribution in [3.8, 4) is 22.9 Å². The van der Waals surface area contributed by atoms with Crippen LogP contribution in [-0.2, 0) is 6.61 Å². The number of H-pyrrole nitrogens is 1. The van der Waals surface area contributed by atoms with Gasteiger partial charge < -0.3 is 14.5 Å². The molecule has 7 heteroatoms. The number of aromatic nitrogens is 2. The summed E-state index contributed by atoms with van der Waals surface area (Å²) in [6, 6.07) is 16.0. The first-order valence-corrected chi connectivity index (χ1v) is 9.62. The van der Waals surface area contributed by atoms with E-state index >= 15 is 0 Å². The van der Waals surface area contributed by atoms with Gasteiger partial charge in [0.1, 0.15) is 18.2 Å². The molecule has 0 spiro atoms. The Hall–Kier alpha value is -2.57. The topological polar surface area (TPSA) is 47.1 Å². The second-order valence-corrected chi connectivity index (χ2v) is 7.34. The SMILES string of the molecule is COc1cc(-c2nc3ccccc3[nH]2)cc(Br)c1OCc1c(F)cccc1Cl. The fourth-order valence-corrected chi connectivity index (χ4v) is 3.67. The van der Waals surface area contributed by atoms with Crippen molar-refractivity contribution in [3.63, 3.8) is 0 Å². The Kier molecular flexibility index (Phi) is 5.24. The van der Waals surface area contributed by atoms with Crippen LogP contribution in [0, 0.1) is 5.82 Å². The number of hydrogen-bond acceptors (Lipinski definition) is 3. The molecule has 28 heavy (non-hydrogen) atoms. The van der Waals surface area contributed by atoms with Crippen LogP contribution in [0.3, 0.4) is 0 Å². The van der Waals surface area contributed by atoms with Crippen molar-refractivity contribution in [2.45, 2.75) is 6.61 Å². The third kappa shape index (κ3) is 3.57. The molecule has 1 heterocycles. The predicted molar refractivity (Wildman–Crippen MR) is 112 cm³/mol. The highest BCUT2D eigenvalue weighted by Crippen LogP contribution is 2.40. The molecule has 0 unspecified atom stereocenters. The van der Waals surface area contributed by atoms with E-state index in [1.165, 1.54) is 6.07 Å². The van der Waals surface area contributed by atoms with Crippen LogP contribution in [-0.4, -0.2) is 17.1 Å². The lowest BCUT2D eigenvalue weighted by Gasteiger charge is -2.15. The molecule has 0 aliphatic carbocycles. The van der Waals surface area contributed by atoms with Crippen molar-refractivity contribution in [2.75, 3.05) is 7.11 Å². The molecule has 4 nitrogen and oxygen atoms in total. The summed E-state index contributed by atoms with van der Waals surface area (Å²) in [5.74, 6) is 1.25. The molecule has 1 aromatic heterocycles. The van der Waals surface area contributed by atoms with E-state index in [2.05, 4.69) is 25.9 Å². The van der Waals surface area contributed by atoms with Gasteiger partial charge in [0.2, 0.25) is 0 Å². The zero-order chi connectivity index (χ0) is 19.7. The zero-order valence-electron chi connectivity index (χ0n) is 14.8. The van der Waals surface area contributed by atoms with E-state index < -0.39 is 5.82 Å². The normalized spacial score (nSPS) is 11.0. The van der Waals surface area contributed by atoms with Gasteiger partial charge in [0.25, 0.3) is 0 Å². The Bertz CT molecular complexity index is 1110. The van der Waals surface area contributed by atoms with Gasteiger partial charge in [-0.1, -0.05) is 29.8 Å². The molecule has 4 rings (SSSR count). The van der Waals surface area contributed by atoms with E-state index in [0.717, 1.165) is 16.6 Å². The summed E-state index contributed by atoms with van der Waals surface area (Å²) in [4.78, 5) is 7.89. The fourth-order valence-electron chi connectivity index (χ4n) is 2.90. The van der Waals surface area contributed by atoms with Crippen LogP contribution in [0.2, 0.25) is 5.02 Å². The third-order valence-electron chi connectivity index (χ3n) is 4.31. The van der Waals surface area contributed by atoms with Crippen LogP contribution in [0.4, 0.5) is 4.39 Å². The number of para-hydroxylation sites is 2. The van der Waals surface area contributed by atoms with Crippen molar-refractivity contribution in [1.82, 2.24) is 9.97 Å². The summed E-state index contributed by atoms with van der Waals surface area (Å²) in [5.41, 5.74) is 2.94. The summed E-state index contributed by atoms with van der Waals surface area (Å²) < 4.78 is 26.0. The van der Waals surface area contributed by atoms with Gasteiger partial charge in [-0.3, -0.25) is 0 Å². The molecular weight excluding hydrogens is 447 g/mol. The Labute approximate surface area is 174 Å². The Morgan fingerprint density at radius 1 is 1.14 bits per heavy atom. The summed E-state index contributed by atoms with van der Waals surface area (Å²) in [7, 11) is 1.55. The molecule has 0 fully saturated rings. The van der Waals surface area contributed by atoms with Gasteiger partial charge in [0, 0.05) is 11.1 Å². The molecule has 0 saturated heterocycles. The maximum Gasteiger partial charge on any atom is 0.175 e.